The maximum atomic E-state index is 12.3. The second-order valence-corrected chi connectivity index (χ2v) is 5.15. The van der Waals surface area contributed by atoms with E-state index in [0.29, 0.717) is 16.9 Å². The summed E-state index contributed by atoms with van der Waals surface area (Å²) in [6.07, 6.45) is 1.43. The average Bonchev–Trinajstić information content (AvgIpc) is 2.61. The highest BCUT2D eigenvalue weighted by Crippen LogP contribution is 2.22. The standard InChI is InChI=1S/C18H15N3O4/c1-12-3-6-15(21(23)24)10-17(12)20-18(22)14(11-19)9-13-4-7-16(25-2)8-5-13/h3-10H,1-2H3,(H,20,22)/b14-9+. The fraction of sp³-hybridized carbons (Fsp3) is 0.111. The number of non-ortho nitro benzene ring substituents is 1. The summed E-state index contributed by atoms with van der Waals surface area (Å²) < 4.78 is 5.05. The summed E-state index contributed by atoms with van der Waals surface area (Å²) >= 11 is 0. The molecule has 2 aromatic rings. The molecule has 0 aliphatic heterocycles. The van der Waals surface area contributed by atoms with E-state index in [9.17, 15) is 20.2 Å². The number of anilines is 1. The van der Waals surface area contributed by atoms with E-state index in [4.69, 9.17) is 4.74 Å². The van der Waals surface area contributed by atoms with E-state index in [1.807, 2.05) is 6.07 Å². The molecule has 0 radical (unpaired) electrons. The summed E-state index contributed by atoms with van der Waals surface area (Å²) in [6.45, 7) is 1.71. The molecule has 1 amide bonds. The van der Waals surface area contributed by atoms with E-state index in [1.165, 1.54) is 24.3 Å². The highest BCUT2D eigenvalue weighted by Gasteiger charge is 2.14. The minimum absolute atomic E-state index is 0.115. The molecular weight excluding hydrogens is 322 g/mol. The molecule has 0 aliphatic carbocycles. The van der Waals surface area contributed by atoms with E-state index >= 15 is 0 Å². The highest BCUT2D eigenvalue weighted by molar-refractivity contribution is 6.10. The Bertz CT molecular complexity index is 880. The molecule has 0 saturated carbocycles. The lowest BCUT2D eigenvalue weighted by molar-refractivity contribution is -0.384. The quantitative estimate of drug-likeness (QED) is 0.389. The van der Waals surface area contributed by atoms with Crippen molar-refractivity contribution in [2.45, 2.75) is 6.92 Å². The molecule has 0 bridgehead atoms. The number of nitrogens with zero attached hydrogens (tertiary/aromatic N) is 2. The van der Waals surface area contributed by atoms with Crippen LogP contribution in [0.25, 0.3) is 6.08 Å². The number of hydrogen-bond acceptors (Lipinski definition) is 5. The molecule has 126 valence electrons. The first-order chi connectivity index (χ1) is 11.9. The fourth-order valence-corrected chi connectivity index (χ4v) is 2.06. The second-order valence-electron chi connectivity index (χ2n) is 5.15. The Balaban J connectivity index is 2.25. The number of amides is 1. The van der Waals surface area contributed by atoms with E-state index in [1.54, 1.807) is 38.3 Å². The van der Waals surface area contributed by atoms with Crippen molar-refractivity contribution in [3.05, 3.63) is 69.3 Å². The number of ether oxygens (including phenoxy) is 1. The summed E-state index contributed by atoms with van der Waals surface area (Å²) in [5, 5.41) is 22.6. The number of nitrogens with one attached hydrogen (secondary N) is 1. The first-order valence-electron chi connectivity index (χ1n) is 7.27. The minimum atomic E-state index is -0.637. The Kier molecular flexibility index (Phi) is 5.48. The molecule has 1 N–H and O–H groups in total. The van der Waals surface area contributed by atoms with Gasteiger partial charge in [-0.05, 0) is 36.3 Å². The third-order valence-corrected chi connectivity index (χ3v) is 3.47. The topological polar surface area (TPSA) is 105 Å². The number of nitriles is 1. The largest absolute Gasteiger partial charge is 0.497 e. The van der Waals surface area contributed by atoms with Gasteiger partial charge in [0.25, 0.3) is 11.6 Å². The van der Waals surface area contributed by atoms with Crippen LogP contribution in [0.2, 0.25) is 0 Å². The second kappa shape index (κ2) is 7.75. The summed E-state index contributed by atoms with van der Waals surface area (Å²) in [7, 11) is 1.54. The molecule has 0 unspecified atom stereocenters. The van der Waals surface area contributed by atoms with Crippen molar-refractivity contribution in [3.63, 3.8) is 0 Å². The van der Waals surface area contributed by atoms with Crippen molar-refractivity contribution in [1.29, 1.82) is 5.26 Å². The smallest absolute Gasteiger partial charge is 0.271 e. The molecule has 0 aliphatic rings. The molecule has 0 saturated heterocycles. The van der Waals surface area contributed by atoms with E-state index < -0.39 is 10.8 Å². The molecule has 0 spiro atoms. The van der Waals surface area contributed by atoms with Gasteiger partial charge in [-0.15, -0.1) is 0 Å². The van der Waals surface area contributed by atoms with Crippen molar-refractivity contribution < 1.29 is 14.5 Å². The van der Waals surface area contributed by atoms with Gasteiger partial charge in [0.05, 0.1) is 17.7 Å². The maximum Gasteiger partial charge on any atom is 0.271 e. The van der Waals surface area contributed by atoms with E-state index in [2.05, 4.69) is 5.32 Å². The molecule has 0 atom stereocenters. The minimum Gasteiger partial charge on any atom is -0.497 e. The van der Waals surface area contributed by atoms with Crippen molar-refractivity contribution in [3.8, 4) is 11.8 Å². The Hall–Kier alpha value is -3.66. The normalized spacial score (nSPS) is 10.7. The molecule has 25 heavy (non-hydrogen) atoms. The van der Waals surface area contributed by atoms with Gasteiger partial charge >= 0.3 is 0 Å². The van der Waals surface area contributed by atoms with Crippen LogP contribution in [0.1, 0.15) is 11.1 Å². The van der Waals surface area contributed by atoms with Crippen molar-refractivity contribution >= 4 is 23.4 Å². The summed E-state index contributed by atoms with van der Waals surface area (Å²) in [5.74, 6) is 0.0224. The van der Waals surface area contributed by atoms with Crippen LogP contribution >= 0.6 is 0 Å². The van der Waals surface area contributed by atoms with Crippen LogP contribution in [-0.2, 0) is 4.79 Å². The molecular formula is C18H15N3O4. The SMILES string of the molecule is COc1ccc(/C=C(\C#N)C(=O)Nc2cc([N+](=O)[O-])ccc2C)cc1. The lowest BCUT2D eigenvalue weighted by atomic mass is 10.1. The lowest BCUT2D eigenvalue weighted by Crippen LogP contribution is -2.14. The number of carbonyl (C=O) groups is 1. The van der Waals surface area contributed by atoms with Crippen LogP contribution in [0.3, 0.4) is 0 Å². The van der Waals surface area contributed by atoms with Gasteiger partial charge in [0.2, 0.25) is 0 Å². The first kappa shape index (κ1) is 17.7. The Labute approximate surface area is 144 Å². The first-order valence-corrected chi connectivity index (χ1v) is 7.27. The van der Waals surface area contributed by atoms with Gasteiger partial charge in [-0.3, -0.25) is 14.9 Å². The number of methoxy groups -OCH3 is 1. The van der Waals surface area contributed by atoms with Gasteiger partial charge in [-0.25, -0.2) is 0 Å². The van der Waals surface area contributed by atoms with Gasteiger partial charge in [0, 0.05) is 12.1 Å². The van der Waals surface area contributed by atoms with Crippen molar-refractivity contribution in [2.24, 2.45) is 0 Å². The summed E-state index contributed by atoms with van der Waals surface area (Å²) in [5.41, 5.74) is 1.34. The molecule has 0 heterocycles. The molecule has 7 nitrogen and oxygen atoms in total. The zero-order valence-corrected chi connectivity index (χ0v) is 13.6. The number of nitro groups is 1. The van der Waals surface area contributed by atoms with Gasteiger partial charge in [-0.1, -0.05) is 18.2 Å². The van der Waals surface area contributed by atoms with E-state index in [-0.39, 0.29) is 16.9 Å². The lowest BCUT2D eigenvalue weighted by Gasteiger charge is -2.07. The number of rotatable bonds is 5. The van der Waals surface area contributed by atoms with Crippen molar-refractivity contribution in [1.82, 2.24) is 0 Å². The predicted octanol–water partition coefficient (Wildman–Crippen LogP) is 3.46. The van der Waals surface area contributed by atoms with Crippen LogP contribution < -0.4 is 10.1 Å². The Morgan fingerprint density at radius 1 is 1.28 bits per heavy atom. The zero-order valence-electron chi connectivity index (χ0n) is 13.6. The van der Waals surface area contributed by atoms with Crippen molar-refractivity contribution in [2.75, 3.05) is 12.4 Å². The third-order valence-electron chi connectivity index (χ3n) is 3.47. The van der Waals surface area contributed by atoms with Crippen LogP contribution in [0.4, 0.5) is 11.4 Å². The summed E-state index contributed by atoms with van der Waals surface area (Å²) in [4.78, 5) is 22.6. The van der Waals surface area contributed by atoms with E-state index in [0.717, 1.165) is 0 Å². The monoisotopic (exact) mass is 337 g/mol. The van der Waals surface area contributed by atoms with Crippen LogP contribution in [0, 0.1) is 28.4 Å². The van der Waals surface area contributed by atoms with Crippen LogP contribution in [-0.4, -0.2) is 17.9 Å². The summed E-state index contributed by atoms with van der Waals surface area (Å²) in [6, 6.07) is 12.8. The number of carbonyl (C=O) groups excluding carboxylic acids is 1. The molecule has 0 aromatic heterocycles. The molecule has 0 fully saturated rings. The van der Waals surface area contributed by atoms with Gasteiger partial charge in [-0.2, -0.15) is 5.26 Å². The number of hydrogen-bond donors (Lipinski definition) is 1. The zero-order chi connectivity index (χ0) is 18.4. The highest BCUT2D eigenvalue weighted by atomic mass is 16.6. The average molecular weight is 337 g/mol. The number of benzene rings is 2. The van der Waals surface area contributed by atoms with Gasteiger partial charge < -0.3 is 10.1 Å². The fourth-order valence-electron chi connectivity index (χ4n) is 2.06. The predicted molar refractivity (Wildman–Crippen MR) is 93.0 cm³/mol. The Morgan fingerprint density at radius 3 is 2.52 bits per heavy atom. The molecule has 7 heteroatoms. The van der Waals surface area contributed by atoms with Gasteiger partial charge in [0.1, 0.15) is 17.4 Å². The van der Waals surface area contributed by atoms with Gasteiger partial charge in [0.15, 0.2) is 0 Å². The van der Waals surface area contributed by atoms with Crippen LogP contribution in [0.5, 0.6) is 5.75 Å². The number of aryl methyl sites for hydroxylation is 1. The number of nitro benzene ring substituents is 1. The maximum absolute atomic E-state index is 12.3. The van der Waals surface area contributed by atoms with Crippen LogP contribution in [0.15, 0.2) is 48.0 Å². The Morgan fingerprint density at radius 2 is 1.96 bits per heavy atom. The third kappa shape index (κ3) is 4.42. The molecule has 2 rings (SSSR count). The molecule has 2 aromatic carbocycles.